The van der Waals surface area contributed by atoms with Crippen LogP contribution in [0.25, 0.3) is 0 Å². The van der Waals surface area contributed by atoms with Crippen molar-refractivity contribution < 1.29 is 17.9 Å². The lowest BCUT2D eigenvalue weighted by Gasteiger charge is -2.22. The van der Waals surface area contributed by atoms with E-state index in [1.54, 1.807) is 18.2 Å². The van der Waals surface area contributed by atoms with Crippen LogP contribution in [0.5, 0.6) is 5.75 Å². The highest BCUT2D eigenvalue weighted by atomic mass is 32.2. The van der Waals surface area contributed by atoms with Crippen molar-refractivity contribution >= 4 is 15.7 Å². The Morgan fingerprint density at radius 2 is 1.78 bits per heavy atom. The van der Waals surface area contributed by atoms with Crippen LogP contribution >= 0.6 is 0 Å². The van der Waals surface area contributed by atoms with Crippen LogP contribution in [0.3, 0.4) is 0 Å². The summed E-state index contributed by atoms with van der Waals surface area (Å²) in [6, 6.07) is 14.7. The number of hydrogen-bond donors (Lipinski definition) is 2. The minimum absolute atomic E-state index is 0.0439. The Balaban J connectivity index is 1.51. The number of fused-ring (bicyclic) bond motifs is 1. The molecule has 0 bridgehead atoms. The lowest BCUT2D eigenvalue weighted by atomic mass is 9.85. The zero-order valence-electron chi connectivity index (χ0n) is 20.6. The number of rotatable bonds is 7. The maximum absolute atomic E-state index is 13.2. The monoisotopic (exact) mass is 518 g/mol. The van der Waals surface area contributed by atoms with Gasteiger partial charge in [0, 0.05) is 23.6 Å². The summed E-state index contributed by atoms with van der Waals surface area (Å²) in [5.41, 5.74) is 1.99. The summed E-state index contributed by atoms with van der Waals surface area (Å²) < 4.78 is 34.3. The fourth-order valence-electron chi connectivity index (χ4n) is 5.18. The largest absolute Gasteiger partial charge is 0.507 e. The molecule has 0 aliphatic heterocycles. The zero-order valence-corrected chi connectivity index (χ0v) is 21.4. The number of nitrogens with one attached hydrogen (secondary N) is 1. The van der Waals surface area contributed by atoms with Gasteiger partial charge in [-0.25, -0.2) is 13.2 Å². The van der Waals surface area contributed by atoms with Gasteiger partial charge >= 0.3 is 5.63 Å². The van der Waals surface area contributed by atoms with Crippen molar-refractivity contribution in [2.45, 2.75) is 68.6 Å². The molecule has 7 nitrogen and oxygen atoms in total. The maximum atomic E-state index is 13.2. The first-order valence-electron chi connectivity index (χ1n) is 12.9. The minimum atomic E-state index is -3.88. The molecule has 1 aromatic heterocycles. The molecular weight excluding hydrogens is 488 g/mol. The summed E-state index contributed by atoms with van der Waals surface area (Å²) in [6.07, 6.45) is 8.19. The van der Waals surface area contributed by atoms with Crippen molar-refractivity contribution in [2.75, 3.05) is 4.72 Å². The molecule has 3 aromatic rings. The Morgan fingerprint density at radius 3 is 2.49 bits per heavy atom. The van der Waals surface area contributed by atoms with Crippen molar-refractivity contribution in [1.29, 1.82) is 5.26 Å². The van der Waals surface area contributed by atoms with E-state index in [1.807, 2.05) is 12.1 Å². The number of aryl methyl sites for hydroxylation is 1. The number of sulfonamides is 1. The molecule has 1 saturated carbocycles. The van der Waals surface area contributed by atoms with E-state index in [9.17, 15) is 18.3 Å². The highest BCUT2D eigenvalue weighted by Gasteiger charge is 2.33. The highest BCUT2D eigenvalue weighted by molar-refractivity contribution is 7.92. The standard InChI is InChI=1S/C29H30N2O5S/c30-18-20-12-14-23(15-13-20)37(34,35)31-22-7-5-6-21(17-22)25(16-19-10-11-19)27-28(32)24-8-3-1-2-4-9-26(24)36-29(27)33/h5-7,12-15,17,19,25,31-32H,1-4,8-11,16H2. The third-order valence-electron chi connectivity index (χ3n) is 7.34. The van der Waals surface area contributed by atoms with Gasteiger partial charge in [0.1, 0.15) is 11.5 Å². The molecule has 5 rings (SSSR count). The number of nitrogens with zero attached hydrogens (tertiary/aromatic N) is 1. The number of anilines is 1. The summed E-state index contributed by atoms with van der Waals surface area (Å²) in [6.45, 7) is 0. The normalized spacial score (nSPS) is 16.6. The van der Waals surface area contributed by atoms with Crippen molar-refractivity contribution in [2.24, 2.45) is 5.92 Å². The molecule has 192 valence electrons. The van der Waals surface area contributed by atoms with Gasteiger partial charge in [0.05, 0.1) is 22.1 Å². The second kappa shape index (κ2) is 10.4. The van der Waals surface area contributed by atoms with Gasteiger partial charge in [0.2, 0.25) is 0 Å². The van der Waals surface area contributed by atoms with Crippen LogP contribution in [0.15, 0.2) is 62.6 Å². The first kappa shape index (κ1) is 25.1. The predicted molar refractivity (Wildman–Crippen MR) is 140 cm³/mol. The molecule has 1 atom stereocenters. The van der Waals surface area contributed by atoms with Gasteiger partial charge in [0.25, 0.3) is 10.0 Å². The van der Waals surface area contributed by atoms with Crippen LogP contribution in [-0.4, -0.2) is 13.5 Å². The molecule has 2 N–H and O–H groups in total. The number of hydrogen-bond acceptors (Lipinski definition) is 6. The van der Waals surface area contributed by atoms with E-state index < -0.39 is 21.6 Å². The first-order chi connectivity index (χ1) is 17.9. The van der Waals surface area contributed by atoms with Gasteiger partial charge in [-0.15, -0.1) is 0 Å². The third-order valence-corrected chi connectivity index (χ3v) is 8.74. The number of nitriles is 1. The van der Waals surface area contributed by atoms with E-state index in [0.717, 1.165) is 49.7 Å². The molecule has 0 spiro atoms. The lowest BCUT2D eigenvalue weighted by molar-refractivity contribution is 0.382. The Bertz CT molecular complexity index is 1500. The molecule has 0 saturated heterocycles. The SMILES string of the molecule is N#Cc1ccc(S(=O)(=O)Nc2cccc(C(CC3CC3)c3c(O)c4c(oc3=O)CCCCCC4)c2)cc1. The molecule has 1 fully saturated rings. The first-order valence-corrected chi connectivity index (χ1v) is 14.3. The van der Waals surface area contributed by atoms with E-state index in [1.165, 1.54) is 24.3 Å². The van der Waals surface area contributed by atoms with Crippen LogP contribution in [0.2, 0.25) is 0 Å². The van der Waals surface area contributed by atoms with Crippen molar-refractivity contribution in [1.82, 2.24) is 0 Å². The number of aromatic hydroxyl groups is 1. The molecule has 0 radical (unpaired) electrons. The predicted octanol–water partition coefficient (Wildman–Crippen LogP) is 5.61. The maximum Gasteiger partial charge on any atom is 0.343 e. The van der Waals surface area contributed by atoms with Crippen molar-refractivity contribution in [3.05, 3.63) is 87.0 Å². The number of benzene rings is 2. The quantitative estimate of drug-likeness (QED) is 0.419. The summed E-state index contributed by atoms with van der Waals surface area (Å²) in [5, 5.41) is 20.3. The molecule has 8 heteroatoms. The third kappa shape index (κ3) is 5.57. The van der Waals surface area contributed by atoms with Crippen LogP contribution in [0.1, 0.15) is 78.9 Å². The van der Waals surface area contributed by atoms with Gasteiger partial charge in [0.15, 0.2) is 0 Å². The van der Waals surface area contributed by atoms with Crippen LogP contribution in [0.4, 0.5) is 5.69 Å². The van der Waals surface area contributed by atoms with Crippen molar-refractivity contribution in [3.8, 4) is 11.8 Å². The molecule has 2 aromatic carbocycles. The Morgan fingerprint density at radius 1 is 1.05 bits per heavy atom. The van der Waals surface area contributed by atoms with Crippen LogP contribution in [-0.2, 0) is 22.9 Å². The van der Waals surface area contributed by atoms with Gasteiger partial charge < -0.3 is 9.52 Å². The summed E-state index contributed by atoms with van der Waals surface area (Å²) in [5.74, 6) is 0.686. The summed E-state index contributed by atoms with van der Waals surface area (Å²) in [4.78, 5) is 13.3. The highest BCUT2D eigenvalue weighted by Crippen LogP contribution is 2.44. The van der Waals surface area contributed by atoms with Crippen LogP contribution in [0, 0.1) is 17.2 Å². The van der Waals surface area contributed by atoms with E-state index in [4.69, 9.17) is 9.68 Å². The van der Waals surface area contributed by atoms with E-state index >= 15 is 0 Å². The molecule has 1 unspecified atom stereocenters. The van der Waals surface area contributed by atoms with Gasteiger partial charge in [-0.1, -0.05) is 37.8 Å². The second-order valence-electron chi connectivity index (χ2n) is 10.1. The smallest absolute Gasteiger partial charge is 0.343 e. The van der Waals surface area contributed by atoms with E-state index in [2.05, 4.69) is 4.72 Å². The molecule has 0 amide bonds. The van der Waals surface area contributed by atoms with Gasteiger partial charge in [-0.2, -0.15) is 5.26 Å². The molecule has 1 heterocycles. The average Bonchev–Trinajstić information content (AvgIpc) is 3.69. The molecular formula is C29H30N2O5S. The Labute approximate surface area is 216 Å². The summed E-state index contributed by atoms with van der Waals surface area (Å²) >= 11 is 0. The topological polar surface area (TPSA) is 120 Å². The van der Waals surface area contributed by atoms with Crippen molar-refractivity contribution in [3.63, 3.8) is 0 Å². The van der Waals surface area contributed by atoms with Gasteiger partial charge in [-0.3, -0.25) is 4.72 Å². The summed E-state index contributed by atoms with van der Waals surface area (Å²) in [7, 11) is -3.88. The molecule has 2 aliphatic rings. The average molecular weight is 519 g/mol. The lowest BCUT2D eigenvalue weighted by Crippen LogP contribution is -2.19. The zero-order chi connectivity index (χ0) is 26.0. The Kier molecular flexibility index (Phi) is 7.07. The van der Waals surface area contributed by atoms with Crippen LogP contribution < -0.4 is 10.3 Å². The van der Waals surface area contributed by atoms with Gasteiger partial charge in [-0.05, 0) is 73.6 Å². The molecule has 37 heavy (non-hydrogen) atoms. The minimum Gasteiger partial charge on any atom is -0.507 e. The second-order valence-corrected chi connectivity index (χ2v) is 11.7. The fraction of sp³-hybridized carbons (Fsp3) is 0.379. The molecule has 2 aliphatic carbocycles. The fourth-order valence-corrected chi connectivity index (χ4v) is 6.23. The Hall–Kier alpha value is -3.57. The van der Waals surface area contributed by atoms with E-state index in [-0.39, 0.29) is 16.2 Å². The van der Waals surface area contributed by atoms with E-state index in [0.29, 0.717) is 42.2 Å².